The van der Waals surface area contributed by atoms with Crippen molar-refractivity contribution in [3.05, 3.63) is 65.0 Å². The van der Waals surface area contributed by atoms with E-state index < -0.39 is 6.04 Å². The van der Waals surface area contributed by atoms with Gasteiger partial charge in [0.15, 0.2) is 5.13 Å². The zero-order chi connectivity index (χ0) is 21.8. The van der Waals surface area contributed by atoms with Crippen LogP contribution in [0.3, 0.4) is 0 Å². The summed E-state index contributed by atoms with van der Waals surface area (Å²) in [5.41, 5.74) is 4.49. The molecule has 31 heavy (non-hydrogen) atoms. The minimum atomic E-state index is -0.408. The second-order valence-corrected chi connectivity index (χ2v) is 8.23. The lowest BCUT2D eigenvalue weighted by atomic mass is 9.99. The predicted molar refractivity (Wildman–Crippen MR) is 121 cm³/mol. The van der Waals surface area contributed by atoms with E-state index in [0.29, 0.717) is 18.0 Å². The van der Waals surface area contributed by atoms with E-state index in [1.54, 1.807) is 0 Å². The van der Waals surface area contributed by atoms with E-state index in [4.69, 9.17) is 0 Å². The third kappa shape index (κ3) is 5.16. The van der Waals surface area contributed by atoms with E-state index in [-0.39, 0.29) is 24.1 Å². The van der Waals surface area contributed by atoms with Crippen LogP contribution in [0.2, 0.25) is 0 Å². The highest BCUT2D eigenvalue weighted by Gasteiger charge is 2.19. The van der Waals surface area contributed by atoms with Gasteiger partial charge in [-0.25, -0.2) is 4.98 Å². The summed E-state index contributed by atoms with van der Waals surface area (Å²) in [5, 5.41) is 10.9. The molecule has 7 nitrogen and oxygen atoms in total. The summed E-state index contributed by atoms with van der Waals surface area (Å²) in [6.45, 7) is 1.44. The molecular weight excluding hydrogens is 412 g/mol. The number of fused-ring (bicyclic) bond motifs is 1. The van der Waals surface area contributed by atoms with Crippen LogP contribution >= 0.6 is 11.3 Å². The van der Waals surface area contributed by atoms with Gasteiger partial charge in [-0.15, -0.1) is 11.3 Å². The quantitative estimate of drug-likeness (QED) is 0.548. The summed E-state index contributed by atoms with van der Waals surface area (Å²) in [6.07, 6.45) is 1.29. The topological polar surface area (TPSA) is 100 Å². The molecule has 1 aromatic heterocycles. The van der Waals surface area contributed by atoms with Gasteiger partial charge in [0.1, 0.15) is 0 Å². The average molecular weight is 435 g/mol. The van der Waals surface area contributed by atoms with Gasteiger partial charge < -0.3 is 16.0 Å². The molecule has 3 amide bonds. The Hall–Kier alpha value is -3.52. The van der Waals surface area contributed by atoms with E-state index in [9.17, 15) is 14.4 Å². The molecule has 4 rings (SSSR count). The maximum absolute atomic E-state index is 12.6. The van der Waals surface area contributed by atoms with Gasteiger partial charge in [-0.2, -0.15) is 0 Å². The second-order valence-electron chi connectivity index (χ2n) is 7.37. The van der Waals surface area contributed by atoms with Crippen LogP contribution < -0.4 is 16.0 Å². The van der Waals surface area contributed by atoms with Gasteiger partial charge in [0, 0.05) is 30.0 Å². The molecule has 2 aromatic carbocycles. The van der Waals surface area contributed by atoms with E-state index in [1.807, 2.05) is 53.9 Å². The molecule has 8 heteroatoms. The van der Waals surface area contributed by atoms with Gasteiger partial charge >= 0.3 is 0 Å². The lowest BCUT2D eigenvalue weighted by molar-refractivity contribution is -0.120. The van der Waals surface area contributed by atoms with E-state index in [1.165, 1.54) is 18.3 Å². The van der Waals surface area contributed by atoms with Crippen molar-refractivity contribution in [2.75, 3.05) is 10.6 Å². The fourth-order valence-corrected chi connectivity index (χ4v) is 4.28. The maximum Gasteiger partial charge on any atom is 0.228 e. The monoisotopic (exact) mass is 434 g/mol. The maximum atomic E-state index is 12.6. The third-order valence-electron chi connectivity index (χ3n) is 5.02. The first-order valence-electron chi connectivity index (χ1n) is 9.98. The number of rotatable bonds is 6. The van der Waals surface area contributed by atoms with Gasteiger partial charge in [0.05, 0.1) is 18.2 Å². The van der Waals surface area contributed by atoms with Crippen LogP contribution in [0.15, 0.2) is 53.9 Å². The number of aromatic nitrogens is 1. The van der Waals surface area contributed by atoms with E-state index in [0.717, 1.165) is 28.1 Å². The first-order chi connectivity index (χ1) is 15.0. The second kappa shape index (κ2) is 9.09. The Morgan fingerprint density at radius 1 is 1.16 bits per heavy atom. The Bertz CT molecular complexity index is 1130. The molecule has 0 fully saturated rings. The number of benzene rings is 2. The molecular formula is C23H22N4O3S. The van der Waals surface area contributed by atoms with Crippen LogP contribution in [0, 0.1) is 0 Å². The summed E-state index contributed by atoms with van der Waals surface area (Å²) in [6, 6.07) is 14.8. The molecule has 0 saturated carbocycles. The van der Waals surface area contributed by atoms with Crippen LogP contribution in [0.1, 0.15) is 36.9 Å². The van der Waals surface area contributed by atoms with Gasteiger partial charge in [-0.1, -0.05) is 36.4 Å². The molecule has 3 N–H and O–H groups in total. The lowest BCUT2D eigenvalue weighted by Crippen LogP contribution is -2.29. The van der Waals surface area contributed by atoms with Crippen molar-refractivity contribution in [1.29, 1.82) is 0 Å². The standard InChI is InChI=1S/C23H22N4O3S/c1-14(28)24-19(15-5-3-2-4-6-15)12-22(30)27-23-26-20(13-31-23)17-7-9-18-16(11-17)8-10-21(29)25-18/h2-7,9,11,13,19H,8,10,12H2,1H3,(H,24,28)(H,25,29)(H,26,27,30)/t19-/m0/s1. The number of hydrogen-bond acceptors (Lipinski definition) is 5. The smallest absolute Gasteiger partial charge is 0.228 e. The first-order valence-corrected chi connectivity index (χ1v) is 10.9. The zero-order valence-electron chi connectivity index (χ0n) is 17.0. The van der Waals surface area contributed by atoms with E-state index >= 15 is 0 Å². The molecule has 0 aliphatic carbocycles. The first kappa shape index (κ1) is 20.7. The summed E-state index contributed by atoms with van der Waals surface area (Å²) in [5.74, 6) is -0.384. The summed E-state index contributed by atoms with van der Waals surface area (Å²) < 4.78 is 0. The molecule has 0 radical (unpaired) electrons. The molecule has 3 aromatic rings. The molecule has 158 valence electrons. The minimum Gasteiger partial charge on any atom is -0.349 e. The van der Waals surface area contributed by atoms with Crippen LogP contribution in [0.25, 0.3) is 11.3 Å². The number of nitrogens with one attached hydrogen (secondary N) is 3. The lowest BCUT2D eigenvalue weighted by Gasteiger charge is -2.17. The number of amides is 3. The largest absolute Gasteiger partial charge is 0.349 e. The van der Waals surface area contributed by atoms with E-state index in [2.05, 4.69) is 20.9 Å². The highest BCUT2D eigenvalue weighted by Crippen LogP contribution is 2.30. The van der Waals surface area contributed by atoms with Crippen molar-refractivity contribution in [2.24, 2.45) is 0 Å². The third-order valence-corrected chi connectivity index (χ3v) is 5.77. The van der Waals surface area contributed by atoms with Crippen LogP contribution in [0.5, 0.6) is 0 Å². The Morgan fingerprint density at radius 2 is 1.97 bits per heavy atom. The number of nitrogens with zero attached hydrogens (tertiary/aromatic N) is 1. The normalized spacial score (nSPS) is 13.6. The van der Waals surface area contributed by atoms with Crippen molar-refractivity contribution >= 4 is 39.9 Å². The van der Waals surface area contributed by atoms with Crippen molar-refractivity contribution in [3.63, 3.8) is 0 Å². The van der Waals surface area contributed by atoms with Gasteiger partial charge in [0.25, 0.3) is 0 Å². The Balaban J connectivity index is 1.44. The average Bonchev–Trinajstić information content (AvgIpc) is 3.21. The molecule has 0 bridgehead atoms. The molecule has 0 spiro atoms. The van der Waals surface area contributed by atoms with Crippen LogP contribution in [0.4, 0.5) is 10.8 Å². The Kier molecular flexibility index (Phi) is 6.08. The highest BCUT2D eigenvalue weighted by molar-refractivity contribution is 7.14. The van der Waals surface area contributed by atoms with Crippen LogP contribution in [-0.2, 0) is 20.8 Å². The molecule has 1 aliphatic heterocycles. The summed E-state index contributed by atoms with van der Waals surface area (Å²) in [4.78, 5) is 40.2. The number of anilines is 2. The fraction of sp³-hybridized carbons (Fsp3) is 0.217. The molecule has 1 aliphatic rings. The number of carbonyl (C=O) groups excluding carboxylic acids is 3. The Morgan fingerprint density at radius 3 is 2.74 bits per heavy atom. The van der Waals surface area contributed by atoms with Gasteiger partial charge in [0.2, 0.25) is 17.7 Å². The van der Waals surface area contributed by atoms with Gasteiger partial charge in [-0.3, -0.25) is 14.4 Å². The van der Waals surface area contributed by atoms with Crippen molar-refractivity contribution in [1.82, 2.24) is 10.3 Å². The number of hydrogen-bond donors (Lipinski definition) is 3. The predicted octanol–water partition coefficient (Wildman–Crippen LogP) is 3.90. The summed E-state index contributed by atoms with van der Waals surface area (Å²) in [7, 11) is 0. The number of carbonyl (C=O) groups is 3. The number of aryl methyl sites for hydroxylation is 1. The highest BCUT2D eigenvalue weighted by atomic mass is 32.1. The van der Waals surface area contributed by atoms with Crippen molar-refractivity contribution < 1.29 is 14.4 Å². The molecule has 0 unspecified atom stereocenters. The van der Waals surface area contributed by atoms with Crippen molar-refractivity contribution in [3.8, 4) is 11.3 Å². The molecule has 2 heterocycles. The SMILES string of the molecule is CC(=O)N[C@@H](CC(=O)Nc1nc(-c2ccc3c(c2)CCC(=O)N3)cs1)c1ccccc1. The van der Waals surface area contributed by atoms with Gasteiger partial charge in [-0.05, 0) is 29.7 Å². The zero-order valence-corrected chi connectivity index (χ0v) is 17.8. The van der Waals surface area contributed by atoms with Crippen LogP contribution in [-0.4, -0.2) is 22.7 Å². The molecule has 0 saturated heterocycles. The molecule has 1 atom stereocenters. The summed E-state index contributed by atoms with van der Waals surface area (Å²) >= 11 is 1.35. The minimum absolute atomic E-state index is 0.0342. The Labute approximate surface area is 183 Å². The number of thiazole rings is 1. The van der Waals surface area contributed by atoms with Crippen molar-refractivity contribution in [2.45, 2.75) is 32.2 Å². The fourth-order valence-electron chi connectivity index (χ4n) is 3.55.